The number of carbonyl (C=O) groups is 1. The van der Waals surface area contributed by atoms with Gasteiger partial charge in [0.15, 0.2) is 0 Å². The number of hydrogen-bond donors (Lipinski definition) is 0. The fourth-order valence-corrected chi connectivity index (χ4v) is 3.06. The summed E-state index contributed by atoms with van der Waals surface area (Å²) in [5.41, 5.74) is 1.70. The maximum absolute atomic E-state index is 12.8. The number of benzene rings is 2. The van der Waals surface area contributed by atoms with Crippen molar-refractivity contribution < 1.29 is 14.3 Å². The van der Waals surface area contributed by atoms with E-state index in [1.165, 1.54) is 0 Å². The first-order chi connectivity index (χ1) is 12.1. The lowest BCUT2D eigenvalue weighted by Crippen LogP contribution is -2.48. The molecule has 1 saturated heterocycles. The van der Waals surface area contributed by atoms with Gasteiger partial charge in [0, 0.05) is 48.5 Å². The van der Waals surface area contributed by atoms with Gasteiger partial charge in [-0.3, -0.25) is 4.79 Å². The lowest BCUT2D eigenvalue weighted by atomic mass is 10.1. The summed E-state index contributed by atoms with van der Waals surface area (Å²) in [4.78, 5) is 16.9. The van der Waals surface area contributed by atoms with E-state index < -0.39 is 0 Å². The van der Waals surface area contributed by atoms with Crippen LogP contribution in [-0.2, 0) is 0 Å². The Kier molecular flexibility index (Phi) is 5.34. The van der Waals surface area contributed by atoms with Crippen LogP contribution < -0.4 is 14.4 Å². The van der Waals surface area contributed by atoms with Gasteiger partial charge in [-0.1, -0.05) is 11.6 Å². The van der Waals surface area contributed by atoms with E-state index in [2.05, 4.69) is 4.90 Å². The van der Waals surface area contributed by atoms with Crippen LogP contribution in [-0.4, -0.2) is 51.2 Å². The van der Waals surface area contributed by atoms with E-state index in [0.717, 1.165) is 23.8 Å². The molecule has 0 aliphatic carbocycles. The molecule has 0 radical (unpaired) electrons. The molecule has 3 rings (SSSR count). The number of amides is 1. The van der Waals surface area contributed by atoms with Gasteiger partial charge in [-0.05, 0) is 36.4 Å². The molecule has 6 heteroatoms. The zero-order valence-corrected chi connectivity index (χ0v) is 15.1. The number of anilines is 1. The van der Waals surface area contributed by atoms with Crippen molar-refractivity contribution in [3.63, 3.8) is 0 Å². The highest BCUT2D eigenvalue weighted by molar-refractivity contribution is 6.30. The van der Waals surface area contributed by atoms with Crippen LogP contribution in [0.2, 0.25) is 5.02 Å². The number of rotatable bonds is 4. The van der Waals surface area contributed by atoms with Gasteiger partial charge in [-0.15, -0.1) is 0 Å². The predicted octanol–water partition coefficient (Wildman–Crippen LogP) is 3.32. The normalized spacial score (nSPS) is 14.4. The second-order valence-electron chi connectivity index (χ2n) is 5.86. The molecular weight excluding hydrogens is 340 g/mol. The summed E-state index contributed by atoms with van der Waals surface area (Å²) < 4.78 is 10.5. The summed E-state index contributed by atoms with van der Waals surface area (Å²) in [6, 6.07) is 13.0. The number of methoxy groups -OCH3 is 2. The van der Waals surface area contributed by atoms with Crippen molar-refractivity contribution in [3.05, 3.63) is 53.1 Å². The van der Waals surface area contributed by atoms with Gasteiger partial charge >= 0.3 is 0 Å². The molecule has 0 aromatic heterocycles. The van der Waals surface area contributed by atoms with E-state index in [-0.39, 0.29) is 5.91 Å². The third kappa shape index (κ3) is 3.99. The first kappa shape index (κ1) is 17.4. The standard InChI is InChI=1S/C19H21ClN2O3/c1-24-17-11-14(12-18(13-17)25-2)19(23)22-9-7-21(8-10-22)16-5-3-15(20)4-6-16/h3-6,11-13H,7-10H2,1-2H3. The molecule has 0 unspecified atom stereocenters. The van der Waals surface area contributed by atoms with Crippen molar-refractivity contribution in [2.24, 2.45) is 0 Å². The molecule has 2 aromatic rings. The fraction of sp³-hybridized carbons (Fsp3) is 0.316. The zero-order valence-electron chi connectivity index (χ0n) is 14.4. The summed E-state index contributed by atoms with van der Waals surface area (Å²) in [5, 5.41) is 0.726. The first-order valence-electron chi connectivity index (χ1n) is 8.13. The Balaban J connectivity index is 1.68. The molecule has 132 valence electrons. The zero-order chi connectivity index (χ0) is 17.8. The maximum Gasteiger partial charge on any atom is 0.254 e. The molecule has 1 amide bonds. The van der Waals surface area contributed by atoms with Gasteiger partial charge in [0.25, 0.3) is 5.91 Å². The largest absolute Gasteiger partial charge is 0.497 e. The molecule has 25 heavy (non-hydrogen) atoms. The van der Waals surface area contributed by atoms with Crippen molar-refractivity contribution >= 4 is 23.2 Å². The minimum atomic E-state index is -0.00652. The topological polar surface area (TPSA) is 42.0 Å². The van der Waals surface area contributed by atoms with Crippen molar-refractivity contribution in [2.45, 2.75) is 0 Å². The minimum absolute atomic E-state index is 0.00652. The molecule has 0 saturated carbocycles. The molecule has 1 aliphatic heterocycles. The number of ether oxygens (including phenoxy) is 2. The van der Waals surface area contributed by atoms with Crippen molar-refractivity contribution in [3.8, 4) is 11.5 Å². The van der Waals surface area contributed by atoms with Crippen molar-refractivity contribution in [1.29, 1.82) is 0 Å². The van der Waals surface area contributed by atoms with E-state index >= 15 is 0 Å². The van der Waals surface area contributed by atoms with Gasteiger partial charge in [0.05, 0.1) is 14.2 Å². The quantitative estimate of drug-likeness (QED) is 0.838. The summed E-state index contributed by atoms with van der Waals surface area (Å²) >= 11 is 5.94. The predicted molar refractivity (Wildman–Crippen MR) is 99.1 cm³/mol. The van der Waals surface area contributed by atoms with Gasteiger partial charge in [0.1, 0.15) is 11.5 Å². The molecular formula is C19H21ClN2O3. The second-order valence-corrected chi connectivity index (χ2v) is 6.29. The molecule has 5 nitrogen and oxygen atoms in total. The third-order valence-corrected chi connectivity index (χ3v) is 4.61. The highest BCUT2D eigenvalue weighted by Gasteiger charge is 2.23. The number of carbonyl (C=O) groups excluding carboxylic acids is 1. The average Bonchev–Trinajstić information content (AvgIpc) is 2.67. The molecule has 0 bridgehead atoms. The number of nitrogens with zero attached hydrogens (tertiary/aromatic N) is 2. The summed E-state index contributed by atoms with van der Waals surface area (Å²) in [6.07, 6.45) is 0. The van der Waals surface area contributed by atoms with Gasteiger partial charge in [0.2, 0.25) is 0 Å². The fourth-order valence-electron chi connectivity index (χ4n) is 2.93. The van der Waals surface area contributed by atoms with E-state index in [0.29, 0.717) is 30.2 Å². The summed E-state index contributed by atoms with van der Waals surface area (Å²) in [6.45, 7) is 2.91. The summed E-state index contributed by atoms with van der Waals surface area (Å²) in [5.74, 6) is 1.22. The van der Waals surface area contributed by atoms with Crippen LogP contribution in [0.1, 0.15) is 10.4 Å². The second kappa shape index (κ2) is 7.66. The van der Waals surface area contributed by atoms with Crippen molar-refractivity contribution in [1.82, 2.24) is 4.90 Å². The van der Waals surface area contributed by atoms with E-state index in [4.69, 9.17) is 21.1 Å². The molecule has 1 heterocycles. The molecule has 1 aliphatic rings. The summed E-state index contributed by atoms with van der Waals surface area (Å²) in [7, 11) is 3.15. The Morgan fingerprint density at radius 1 is 0.920 bits per heavy atom. The van der Waals surface area contributed by atoms with E-state index in [1.54, 1.807) is 32.4 Å². The highest BCUT2D eigenvalue weighted by Crippen LogP contribution is 2.24. The Morgan fingerprint density at radius 2 is 1.48 bits per heavy atom. The number of halogens is 1. The van der Waals surface area contributed by atoms with Crippen LogP contribution >= 0.6 is 11.6 Å². The minimum Gasteiger partial charge on any atom is -0.497 e. The van der Waals surface area contributed by atoms with E-state index in [1.807, 2.05) is 29.2 Å². The molecule has 2 aromatic carbocycles. The number of piperazine rings is 1. The third-order valence-electron chi connectivity index (χ3n) is 4.36. The van der Waals surface area contributed by atoms with Crippen LogP contribution in [0.3, 0.4) is 0 Å². The van der Waals surface area contributed by atoms with Crippen LogP contribution in [0.15, 0.2) is 42.5 Å². The molecule has 0 atom stereocenters. The smallest absolute Gasteiger partial charge is 0.254 e. The Bertz CT molecular complexity index is 719. The van der Waals surface area contributed by atoms with Gasteiger partial charge < -0.3 is 19.3 Å². The molecule has 0 spiro atoms. The molecule has 0 N–H and O–H groups in total. The maximum atomic E-state index is 12.8. The first-order valence-corrected chi connectivity index (χ1v) is 8.51. The van der Waals surface area contributed by atoms with Crippen LogP contribution in [0.25, 0.3) is 0 Å². The Morgan fingerprint density at radius 3 is 2.00 bits per heavy atom. The van der Waals surface area contributed by atoms with Gasteiger partial charge in [-0.2, -0.15) is 0 Å². The van der Waals surface area contributed by atoms with Crippen LogP contribution in [0.4, 0.5) is 5.69 Å². The lowest BCUT2D eigenvalue weighted by molar-refractivity contribution is 0.0746. The molecule has 1 fully saturated rings. The lowest BCUT2D eigenvalue weighted by Gasteiger charge is -2.36. The number of hydrogen-bond acceptors (Lipinski definition) is 4. The highest BCUT2D eigenvalue weighted by atomic mass is 35.5. The monoisotopic (exact) mass is 360 g/mol. The average molecular weight is 361 g/mol. The Hall–Kier alpha value is -2.40. The SMILES string of the molecule is COc1cc(OC)cc(C(=O)N2CCN(c3ccc(Cl)cc3)CC2)c1. The van der Waals surface area contributed by atoms with Crippen LogP contribution in [0, 0.1) is 0 Å². The van der Waals surface area contributed by atoms with Crippen LogP contribution in [0.5, 0.6) is 11.5 Å². The Labute approximate surface area is 152 Å². The van der Waals surface area contributed by atoms with Gasteiger partial charge in [-0.25, -0.2) is 0 Å². The van der Waals surface area contributed by atoms with E-state index in [9.17, 15) is 4.79 Å². The van der Waals surface area contributed by atoms with Crippen molar-refractivity contribution in [2.75, 3.05) is 45.3 Å².